The van der Waals surface area contributed by atoms with E-state index in [2.05, 4.69) is 4.98 Å². The van der Waals surface area contributed by atoms with E-state index in [4.69, 9.17) is 0 Å². The molecular formula is C25H26FN3O5. The molecule has 8 nitrogen and oxygen atoms in total. The predicted molar refractivity (Wildman–Crippen MR) is 122 cm³/mol. The Morgan fingerprint density at radius 3 is 2.65 bits per heavy atom. The second-order valence-electron chi connectivity index (χ2n) is 8.68. The summed E-state index contributed by atoms with van der Waals surface area (Å²) in [4.78, 5) is 57.1. The maximum atomic E-state index is 13.8. The number of Topliss-reactive ketones (excluding diaryl/α,β-unsaturated/α-hetero) is 2. The number of benzene rings is 1. The summed E-state index contributed by atoms with van der Waals surface area (Å²) in [6.45, 7) is 0.291. The SMILES string of the molecule is CN1C(=O)C(=O)CC/C=C/c2cc(F)ccc2CCC(=O)c2nc3n(c(=O)c2O)CCCCC31. The molecule has 9 heteroatoms. The van der Waals surface area contributed by atoms with Crippen LogP contribution in [0.25, 0.3) is 6.08 Å². The zero-order valence-electron chi connectivity index (χ0n) is 18.9. The number of ketones is 2. The molecule has 1 aromatic heterocycles. The van der Waals surface area contributed by atoms with E-state index in [0.29, 0.717) is 43.4 Å². The van der Waals surface area contributed by atoms with Gasteiger partial charge in [0.2, 0.25) is 11.5 Å². The van der Waals surface area contributed by atoms with Crippen molar-refractivity contribution < 1.29 is 23.9 Å². The Kier molecular flexibility index (Phi) is 6.72. The van der Waals surface area contributed by atoms with Gasteiger partial charge in [0.25, 0.3) is 11.5 Å². The van der Waals surface area contributed by atoms with Crippen molar-refractivity contribution >= 4 is 23.5 Å². The lowest BCUT2D eigenvalue weighted by atomic mass is 9.99. The molecule has 1 aromatic carbocycles. The number of likely N-dealkylation sites (N-methyl/N-ethyl adjacent to an activating group) is 1. The Hall–Kier alpha value is -3.62. The zero-order valence-corrected chi connectivity index (χ0v) is 18.9. The summed E-state index contributed by atoms with van der Waals surface area (Å²) in [5.74, 6) is -2.80. The Labute approximate surface area is 195 Å². The fourth-order valence-corrected chi connectivity index (χ4v) is 4.51. The van der Waals surface area contributed by atoms with Crippen molar-refractivity contribution in [2.45, 2.75) is 57.5 Å². The number of aromatic nitrogens is 2. The van der Waals surface area contributed by atoms with Gasteiger partial charge in [-0.25, -0.2) is 9.37 Å². The van der Waals surface area contributed by atoms with E-state index in [1.165, 1.54) is 28.6 Å². The molecule has 1 amide bonds. The minimum Gasteiger partial charge on any atom is -0.501 e. The summed E-state index contributed by atoms with van der Waals surface area (Å²) in [6.07, 6.45) is 5.63. The van der Waals surface area contributed by atoms with Gasteiger partial charge in [-0.15, -0.1) is 0 Å². The molecule has 2 bridgehead atoms. The third-order valence-electron chi connectivity index (χ3n) is 6.44. The van der Waals surface area contributed by atoms with E-state index in [1.54, 1.807) is 18.2 Å². The fraction of sp³-hybridized carbons (Fsp3) is 0.400. The molecule has 2 aromatic rings. The van der Waals surface area contributed by atoms with Crippen LogP contribution in [0.5, 0.6) is 5.75 Å². The van der Waals surface area contributed by atoms with Gasteiger partial charge in [-0.2, -0.15) is 0 Å². The van der Waals surface area contributed by atoms with Crippen molar-refractivity contribution in [3.8, 4) is 5.75 Å². The monoisotopic (exact) mass is 467 g/mol. The lowest BCUT2D eigenvalue weighted by Crippen LogP contribution is -2.39. The van der Waals surface area contributed by atoms with Crippen LogP contribution in [-0.2, 0) is 22.6 Å². The Morgan fingerprint density at radius 1 is 1.06 bits per heavy atom. The summed E-state index contributed by atoms with van der Waals surface area (Å²) < 4.78 is 15.1. The minimum atomic E-state index is -0.737. The van der Waals surface area contributed by atoms with Crippen LogP contribution in [0.4, 0.5) is 4.39 Å². The molecule has 1 atom stereocenters. The smallest absolute Gasteiger partial charge is 0.296 e. The summed E-state index contributed by atoms with van der Waals surface area (Å²) in [7, 11) is 1.49. The van der Waals surface area contributed by atoms with Gasteiger partial charge in [0.15, 0.2) is 11.5 Å². The molecule has 4 rings (SSSR count). The van der Waals surface area contributed by atoms with Crippen molar-refractivity contribution in [2.24, 2.45) is 0 Å². The molecular weight excluding hydrogens is 441 g/mol. The number of carbonyl (C=O) groups is 3. The number of rotatable bonds is 0. The van der Waals surface area contributed by atoms with E-state index < -0.39 is 40.6 Å². The number of halogens is 1. The van der Waals surface area contributed by atoms with Gasteiger partial charge in [0.1, 0.15) is 11.6 Å². The van der Waals surface area contributed by atoms with Crippen LogP contribution in [0.3, 0.4) is 0 Å². The highest BCUT2D eigenvalue weighted by Gasteiger charge is 2.33. The second kappa shape index (κ2) is 9.70. The van der Waals surface area contributed by atoms with Gasteiger partial charge in [0.05, 0.1) is 6.04 Å². The number of carbonyl (C=O) groups excluding carboxylic acids is 3. The number of allylic oxidation sites excluding steroid dienone is 1. The van der Waals surface area contributed by atoms with Gasteiger partial charge in [-0.3, -0.25) is 23.7 Å². The number of aromatic hydroxyl groups is 1. The Balaban J connectivity index is 1.83. The molecule has 0 radical (unpaired) electrons. The number of hydrogen-bond acceptors (Lipinski definition) is 6. The highest BCUT2D eigenvalue weighted by molar-refractivity contribution is 6.36. The van der Waals surface area contributed by atoms with Gasteiger partial charge >= 0.3 is 0 Å². The number of nitrogens with zero attached hydrogens (tertiary/aromatic N) is 3. The largest absolute Gasteiger partial charge is 0.501 e. The first-order valence-electron chi connectivity index (χ1n) is 11.4. The van der Waals surface area contributed by atoms with Crippen molar-refractivity contribution in [1.82, 2.24) is 14.5 Å². The number of hydrogen-bond donors (Lipinski definition) is 1. The van der Waals surface area contributed by atoms with Crippen LogP contribution < -0.4 is 5.56 Å². The van der Waals surface area contributed by atoms with Gasteiger partial charge in [-0.05, 0) is 55.4 Å². The molecule has 0 aliphatic carbocycles. The standard InChI is InChI=1S/C25H26FN3O5/c1-28-18-7-4-5-13-29-23(18)27-21(22(32)25(29)34)19(30)12-10-15-9-11-17(26)14-16(15)6-2-3-8-20(31)24(28)33/h2,6,9,11,14,18,32H,3-5,7-8,10,12-13H2,1H3/b6-2+. The molecule has 34 heavy (non-hydrogen) atoms. The van der Waals surface area contributed by atoms with Crippen LogP contribution in [0, 0.1) is 5.82 Å². The van der Waals surface area contributed by atoms with Crippen LogP contribution in [0.15, 0.2) is 29.1 Å². The first-order chi connectivity index (χ1) is 16.3. The molecule has 2 aliphatic heterocycles. The van der Waals surface area contributed by atoms with E-state index in [-0.39, 0.29) is 30.8 Å². The Morgan fingerprint density at radius 2 is 1.85 bits per heavy atom. The maximum absolute atomic E-state index is 13.8. The highest BCUT2D eigenvalue weighted by atomic mass is 19.1. The number of aryl methyl sites for hydroxylation is 1. The van der Waals surface area contributed by atoms with Crippen LogP contribution in [0.2, 0.25) is 0 Å². The molecule has 0 fully saturated rings. The third-order valence-corrected chi connectivity index (χ3v) is 6.44. The molecule has 1 N–H and O–H groups in total. The summed E-state index contributed by atoms with van der Waals surface area (Å²) in [6, 6.07) is 3.52. The predicted octanol–water partition coefficient (Wildman–Crippen LogP) is 2.96. The molecule has 0 saturated heterocycles. The number of fused-ring (bicyclic) bond motifs is 2. The van der Waals surface area contributed by atoms with Gasteiger partial charge in [0, 0.05) is 26.4 Å². The van der Waals surface area contributed by atoms with Crippen LogP contribution in [0.1, 0.15) is 72.0 Å². The average Bonchev–Trinajstić information content (AvgIpc) is 3.04. The summed E-state index contributed by atoms with van der Waals surface area (Å²) >= 11 is 0. The average molecular weight is 467 g/mol. The van der Waals surface area contributed by atoms with Crippen molar-refractivity contribution in [2.75, 3.05) is 7.05 Å². The van der Waals surface area contributed by atoms with Crippen molar-refractivity contribution in [3.63, 3.8) is 0 Å². The van der Waals surface area contributed by atoms with Crippen molar-refractivity contribution in [1.29, 1.82) is 0 Å². The lowest BCUT2D eigenvalue weighted by Gasteiger charge is -2.27. The number of amides is 1. The van der Waals surface area contributed by atoms with E-state index in [9.17, 15) is 28.7 Å². The molecule has 2 aliphatic rings. The zero-order chi connectivity index (χ0) is 24.4. The molecule has 0 saturated carbocycles. The van der Waals surface area contributed by atoms with Crippen LogP contribution >= 0.6 is 0 Å². The topological polar surface area (TPSA) is 110 Å². The minimum absolute atomic E-state index is 0.0173. The maximum Gasteiger partial charge on any atom is 0.296 e. The molecule has 1 unspecified atom stereocenters. The van der Waals surface area contributed by atoms with Gasteiger partial charge < -0.3 is 10.0 Å². The van der Waals surface area contributed by atoms with E-state index in [1.807, 2.05) is 0 Å². The quantitative estimate of drug-likeness (QED) is 0.597. The van der Waals surface area contributed by atoms with Crippen molar-refractivity contribution in [3.05, 3.63) is 63.1 Å². The van der Waals surface area contributed by atoms with E-state index >= 15 is 0 Å². The normalized spacial score (nSPS) is 20.6. The fourth-order valence-electron chi connectivity index (χ4n) is 4.51. The summed E-state index contributed by atoms with van der Waals surface area (Å²) in [5.41, 5.74) is 0.166. The molecule has 0 spiro atoms. The molecule has 178 valence electrons. The highest BCUT2D eigenvalue weighted by Crippen LogP contribution is 2.29. The molecule has 3 heterocycles. The summed E-state index contributed by atoms with van der Waals surface area (Å²) in [5, 5.41) is 10.5. The van der Waals surface area contributed by atoms with Crippen LogP contribution in [-0.4, -0.2) is 44.1 Å². The first-order valence-corrected chi connectivity index (χ1v) is 11.4. The third kappa shape index (κ3) is 4.55. The van der Waals surface area contributed by atoms with Gasteiger partial charge in [-0.1, -0.05) is 18.2 Å². The Bertz CT molecular complexity index is 1250. The van der Waals surface area contributed by atoms with E-state index in [0.717, 1.165) is 0 Å². The first kappa shape index (κ1) is 23.5. The lowest BCUT2D eigenvalue weighted by molar-refractivity contribution is -0.145. The second-order valence-corrected chi connectivity index (χ2v) is 8.68.